The van der Waals surface area contributed by atoms with Crippen molar-refractivity contribution in [3.63, 3.8) is 0 Å². The molecule has 0 saturated carbocycles. The Kier molecular flexibility index (Phi) is 5.98. The van der Waals surface area contributed by atoms with Crippen molar-refractivity contribution in [3.8, 4) is 0 Å². The summed E-state index contributed by atoms with van der Waals surface area (Å²) in [6.07, 6.45) is 0.901. The molecule has 0 aliphatic rings. The van der Waals surface area contributed by atoms with Crippen molar-refractivity contribution in [2.24, 2.45) is 5.73 Å². The van der Waals surface area contributed by atoms with E-state index in [4.69, 9.17) is 5.73 Å². The molecule has 0 unspecified atom stereocenters. The van der Waals surface area contributed by atoms with Crippen molar-refractivity contribution in [1.29, 1.82) is 0 Å². The maximum absolute atomic E-state index is 12.0. The molecule has 2 rings (SSSR count). The first-order valence-electron chi connectivity index (χ1n) is 7.54. The molecule has 3 N–H and O–H groups in total. The van der Waals surface area contributed by atoms with E-state index in [0.717, 1.165) is 18.5 Å². The van der Waals surface area contributed by atoms with E-state index >= 15 is 0 Å². The Hall–Kier alpha value is -2.33. The number of benzene rings is 2. The van der Waals surface area contributed by atoms with Crippen LogP contribution in [0.25, 0.3) is 0 Å². The molecule has 0 heterocycles. The van der Waals surface area contributed by atoms with Crippen molar-refractivity contribution in [2.45, 2.75) is 13.0 Å². The Labute approximate surface area is 131 Å². The lowest BCUT2D eigenvalue weighted by Crippen LogP contribution is -2.28. The van der Waals surface area contributed by atoms with Crippen molar-refractivity contribution in [2.75, 3.05) is 25.0 Å². The van der Waals surface area contributed by atoms with E-state index in [1.165, 1.54) is 5.69 Å². The number of nitrogens with one attached hydrogen (secondary N) is 1. The van der Waals surface area contributed by atoms with Gasteiger partial charge in [0.25, 0.3) is 5.91 Å². The van der Waals surface area contributed by atoms with Crippen molar-refractivity contribution < 1.29 is 4.79 Å². The van der Waals surface area contributed by atoms with Gasteiger partial charge >= 0.3 is 0 Å². The van der Waals surface area contributed by atoms with Gasteiger partial charge < -0.3 is 16.0 Å². The first kappa shape index (κ1) is 16.0. The predicted octanol–water partition coefficient (Wildman–Crippen LogP) is 2.40. The summed E-state index contributed by atoms with van der Waals surface area (Å²) in [6, 6.07) is 17.6. The predicted molar refractivity (Wildman–Crippen MR) is 91.0 cm³/mol. The minimum absolute atomic E-state index is 0.0362. The molecule has 22 heavy (non-hydrogen) atoms. The van der Waals surface area contributed by atoms with E-state index < -0.39 is 0 Å². The molecule has 2 aromatic carbocycles. The number of anilines is 1. The maximum Gasteiger partial charge on any atom is 0.251 e. The number of nitrogens with two attached hydrogens (primary N) is 1. The van der Waals surface area contributed by atoms with E-state index in [2.05, 4.69) is 29.4 Å². The highest BCUT2D eigenvalue weighted by atomic mass is 16.1. The molecule has 0 aliphatic carbocycles. The van der Waals surface area contributed by atoms with Crippen LogP contribution in [0.5, 0.6) is 0 Å². The Morgan fingerprint density at radius 1 is 1.09 bits per heavy atom. The zero-order chi connectivity index (χ0) is 15.8. The highest BCUT2D eigenvalue weighted by Crippen LogP contribution is 2.10. The van der Waals surface area contributed by atoms with Crippen LogP contribution >= 0.6 is 0 Å². The molecule has 0 radical (unpaired) electrons. The highest BCUT2D eigenvalue weighted by Gasteiger charge is 2.05. The first-order valence-corrected chi connectivity index (χ1v) is 7.54. The molecule has 116 valence electrons. The molecule has 0 aliphatic heterocycles. The molecular weight excluding hydrogens is 274 g/mol. The Bertz CT molecular complexity index is 581. The largest absolute Gasteiger partial charge is 0.375 e. The van der Waals surface area contributed by atoms with Crippen LogP contribution in [-0.2, 0) is 6.54 Å². The van der Waals surface area contributed by atoms with E-state index in [1.54, 1.807) is 0 Å². The zero-order valence-electron chi connectivity index (χ0n) is 13.0. The number of carbonyl (C=O) groups is 1. The summed E-state index contributed by atoms with van der Waals surface area (Å²) in [6.45, 7) is 2.05. The third-order valence-corrected chi connectivity index (χ3v) is 3.60. The fourth-order valence-electron chi connectivity index (χ4n) is 2.22. The van der Waals surface area contributed by atoms with Crippen molar-refractivity contribution in [3.05, 3.63) is 65.7 Å². The van der Waals surface area contributed by atoms with Gasteiger partial charge in [0.05, 0.1) is 0 Å². The number of hydrogen-bond acceptors (Lipinski definition) is 3. The van der Waals surface area contributed by atoms with Gasteiger partial charge in [-0.05, 0) is 36.2 Å². The van der Waals surface area contributed by atoms with Crippen molar-refractivity contribution in [1.82, 2.24) is 5.32 Å². The first-order chi connectivity index (χ1) is 10.7. The van der Waals surface area contributed by atoms with Crippen LogP contribution in [-0.4, -0.2) is 26.0 Å². The molecule has 0 bridgehead atoms. The Morgan fingerprint density at radius 2 is 1.77 bits per heavy atom. The average molecular weight is 297 g/mol. The zero-order valence-corrected chi connectivity index (χ0v) is 13.0. The standard InChI is InChI=1S/C18H23N3O/c1-21(17-6-3-2-4-7-17)13-5-12-20-18(22)16-10-8-15(14-19)9-11-16/h2-4,6-11H,5,12-14,19H2,1H3,(H,20,22). The summed E-state index contributed by atoms with van der Waals surface area (Å²) in [7, 11) is 2.06. The topological polar surface area (TPSA) is 58.4 Å². The fourth-order valence-corrected chi connectivity index (χ4v) is 2.22. The van der Waals surface area contributed by atoms with Gasteiger partial charge in [0.2, 0.25) is 0 Å². The minimum atomic E-state index is -0.0362. The summed E-state index contributed by atoms with van der Waals surface area (Å²) in [5, 5.41) is 2.95. The van der Waals surface area contributed by atoms with Crippen LogP contribution in [0.15, 0.2) is 54.6 Å². The summed E-state index contributed by atoms with van der Waals surface area (Å²) in [5.41, 5.74) is 8.43. The van der Waals surface area contributed by atoms with Gasteiger partial charge in [0.1, 0.15) is 0 Å². The van der Waals surface area contributed by atoms with Crippen LogP contribution in [0.2, 0.25) is 0 Å². The molecule has 4 heteroatoms. The third kappa shape index (κ3) is 4.60. The second kappa shape index (κ2) is 8.20. The normalized spacial score (nSPS) is 10.3. The Morgan fingerprint density at radius 3 is 2.41 bits per heavy atom. The van der Waals surface area contributed by atoms with E-state index in [1.807, 2.05) is 42.5 Å². The molecular formula is C18H23N3O. The molecule has 0 aromatic heterocycles. The SMILES string of the molecule is CN(CCCNC(=O)c1ccc(CN)cc1)c1ccccc1. The minimum Gasteiger partial charge on any atom is -0.375 e. The summed E-state index contributed by atoms with van der Waals surface area (Å²) < 4.78 is 0. The summed E-state index contributed by atoms with van der Waals surface area (Å²) in [5.74, 6) is -0.0362. The van der Waals surface area contributed by atoms with Gasteiger partial charge in [0.15, 0.2) is 0 Å². The molecule has 0 spiro atoms. The number of carbonyl (C=O) groups excluding carboxylic acids is 1. The number of nitrogens with zero attached hydrogens (tertiary/aromatic N) is 1. The Balaban J connectivity index is 1.72. The fraction of sp³-hybridized carbons (Fsp3) is 0.278. The van der Waals surface area contributed by atoms with Gasteiger partial charge in [0, 0.05) is 37.9 Å². The van der Waals surface area contributed by atoms with Crippen LogP contribution in [0.3, 0.4) is 0 Å². The molecule has 0 atom stereocenters. The molecule has 1 amide bonds. The maximum atomic E-state index is 12.0. The van der Waals surface area contributed by atoms with Gasteiger partial charge in [-0.1, -0.05) is 30.3 Å². The molecule has 2 aromatic rings. The van der Waals surface area contributed by atoms with Gasteiger partial charge in [-0.3, -0.25) is 4.79 Å². The molecule has 4 nitrogen and oxygen atoms in total. The monoisotopic (exact) mass is 297 g/mol. The number of para-hydroxylation sites is 1. The van der Waals surface area contributed by atoms with Gasteiger partial charge in [-0.2, -0.15) is 0 Å². The molecule has 0 saturated heterocycles. The van der Waals surface area contributed by atoms with Crippen molar-refractivity contribution >= 4 is 11.6 Å². The second-order valence-electron chi connectivity index (χ2n) is 5.27. The van der Waals surface area contributed by atoms with Crippen LogP contribution < -0.4 is 16.0 Å². The quantitative estimate of drug-likeness (QED) is 0.772. The lowest BCUT2D eigenvalue weighted by molar-refractivity contribution is 0.0953. The number of hydrogen-bond donors (Lipinski definition) is 2. The average Bonchev–Trinajstić information content (AvgIpc) is 2.59. The van der Waals surface area contributed by atoms with E-state index in [9.17, 15) is 4.79 Å². The van der Waals surface area contributed by atoms with E-state index in [-0.39, 0.29) is 5.91 Å². The lowest BCUT2D eigenvalue weighted by atomic mass is 10.1. The van der Waals surface area contributed by atoms with E-state index in [0.29, 0.717) is 18.7 Å². The third-order valence-electron chi connectivity index (χ3n) is 3.60. The summed E-state index contributed by atoms with van der Waals surface area (Å²) in [4.78, 5) is 14.2. The van der Waals surface area contributed by atoms with Crippen LogP contribution in [0.1, 0.15) is 22.3 Å². The van der Waals surface area contributed by atoms with Crippen LogP contribution in [0, 0.1) is 0 Å². The number of amides is 1. The van der Waals surface area contributed by atoms with Gasteiger partial charge in [-0.15, -0.1) is 0 Å². The lowest BCUT2D eigenvalue weighted by Gasteiger charge is -2.19. The smallest absolute Gasteiger partial charge is 0.251 e. The second-order valence-corrected chi connectivity index (χ2v) is 5.27. The highest BCUT2D eigenvalue weighted by molar-refractivity contribution is 5.94. The van der Waals surface area contributed by atoms with Gasteiger partial charge in [-0.25, -0.2) is 0 Å². The number of rotatable bonds is 7. The summed E-state index contributed by atoms with van der Waals surface area (Å²) >= 11 is 0. The van der Waals surface area contributed by atoms with Crippen LogP contribution in [0.4, 0.5) is 5.69 Å². The molecule has 0 fully saturated rings.